The SMILES string of the molecule is CC(=O)CCCCCC1NC(C(=O)NCCCCCN)CS1. The Morgan fingerprint density at radius 1 is 1.18 bits per heavy atom. The lowest BCUT2D eigenvalue weighted by Gasteiger charge is -2.13. The highest BCUT2D eigenvalue weighted by Gasteiger charge is 2.28. The number of ketones is 1. The summed E-state index contributed by atoms with van der Waals surface area (Å²) >= 11 is 1.84. The van der Waals surface area contributed by atoms with Crippen molar-refractivity contribution in [2.24, 2.45) is 5.73 Å². The van der Waals surface area contributed by atoms with Gasteiger partial charge in [-0.25, -0.2) is 0 Å². The van der Waals surface area contributed by atoms with Crippen LogP contribution in [0.5, 0.6) is 0 Å². The molecule has 128 valence electrons. The molecule has 6 heteroatoms. The summed E-state index contributed by atoms with van der Waals surface area (Å²) in [6.07, 6.45) is 8.07. The number of carbonyl (C=O) groups is 2. The molecule has 4 N–H and O–H groups in total. The summed E-state index contributed by atoms with van der Waals surface area (Å²) in [5.41, 5.74) is 5.44. The second-order valence-electron chi connectivity index (χ2n) is 5.98. The Kier molecular flexibility index (Phi) is 10.5. The van der Waals surface area contributed by atoms with Crippen LogP contribution in [-0.4, -0.2) is 41.9 Å². The topological polar surface area (TPSA) is 84.2 Å². The fourth-order valence-corrected chi connectivity index (χ4v) is 3.78. The van der Waals surface area contributed by atoms with Gasteiger partial charge in [0.1, 0.15) is 5.78 Å². The first-order valence-electron chi connectivity index (χ1n) is 8.48. The molecule has 5 nitrogen and oxygen atoms in total. The van der Waals surface area contributed by atoms with Crippen LogP contribution in [0, 0.1) is 0 Å². The van der Waals surface area contributed by atoms with Crippen molar-refractivity contribution in [1.29, 1.82) is 0 Å². The third-order valence-electron chi connectivity index (χ3n) is 3.84. The van der Waals surface area contributed by atoms with Crippen molar-refractivity contribution < 1.29 is 9.59 Å². The average molecular weight is 330 g/mol. The number of nitrogens with one attached hydrogen (secondary N) is 2. The van der Waals surface area contributed by atoms with Crippen LogP contribution in [0.3, 0.4) is 0 Å². The average Bonchev–Trinajstić information content (AvgIpc) is 2.95. The lowest BCUT2D eigenvalue weighted by Crippen LogP contribution is -2.44. The molecule has 2 unspecified atom stereocenters. The number of unbranched alkanes of at least 4 members (excludes halogenated alkanes) is 4. The van der Waals surface area contributed by atoms with Crippen molar-refractivity contribution >= 4 is 23.5 Å². The molecule has 0 aromatic rings. The van der Waals surface area contributed by atoms with Gasteiger partial charge in [0.15, 0.2) is 0 Å². The second-order valence-corrected chi connectivity index (χ2v) is 7.22. The van der Waals surface area contributed by atoms with E-state index in [0.717, 1.165) is 63.8 Å². The highest BCUT2D eigenvalue weighted by molar-refractivity contribution is 8.00. The van der Waals surface area contributed by atoms with Gasteiger partial charge in [-0.2, -0.15) is 0 Å². The molecule has 1 rings (SSSR count). The number of Topliss-reactive ketones (excluding diaryl/α,β-unsaturated/α-hetero) is 1. The van der Waals surface area contributed by atoms with Crippen molar-refractivity contribution in [3.05, 3.63) is 0 Å². The molecule has 0 spiro atoms. The monoisotopic (exact) mass is 329 g/mol. The maximum Gasteiger partial charge on any atom is 0.238 e. The summed E-state index contributed by atoms with van der Waals surface area (Å²) < 4.78 is 0. The number of rotatable bonds is 12. The van der Waals surface area contributed by atoms with Crippen molar-refractivity contribution in [2.45, 2.75) is 69.7 Å². The van der Waals surface area contributed by atoms with E-state index in [2.05, 4.69) is 10.6 Å². The van der Waals surface area contributed by atoms with Crippen molar-refractivity contribution in [1.82, 2.24) is 10.6 Å². The zero-order valence-corrected chi connectivity index (χ0v) is 14.6. The Morgan fingerprint density at radius 3 is 2.68 bits per heavy atom. The van der Waals surface area contributed by atoms with Gasteiger partial charge < -0.3 is 15.8 Å². The molecule has 0 bridgehead atoms. The van der Waals surface area contributed by atoms with Gasteiger partial charge in [-0.15, -0.1) is 11.8 Å². The molecule has 22 heavy (non-hydrogen) atoms. The van der Waals surface area contributed by atoms with Gasteiger partial charge in [-0.1, -0.05) is 19.3 Å². The molecule has 1 heterocycles. The summed E-state index contributed by atoms with van der Waals surface area (Å²) in [5, 5.41) is 6.79. The highest BCUT2D eigenvalue weighted by atomic mass is 32.2. The molecule has 0 aromatic carbocycles. The minimum atomic E-state index is -0.0540. The summed E-state index contributed by atoms with van der Waals surface area (Å²) in [6.45, 7) is 3.12. The molecule has 0 radical (unpaired) electrons. The molecular weight excluding hydrogens is 298 g/mol. The van der Waals surface area contributed by atoms with E-state index in [9.17, 15) is 9.59 Å². The number of hydrogen-bond acceptors (Lipinski definition) is 5. The number of amides is 1. The van der Waals surface area contributed by atoms with Gasteiger partial charge in [0.2, 0.25) is 5.91 Å². The lowest BCUT2D eigenvalue weighted by atomic mass is 10.1. The molecule has 2 atom stereocenters. The number of thioether (sulfide) groups is 1. The van der Waals surface area contributed by atoms with Crippen LogP contribution in [0.25, 0.3) is 0 Å². The van der Waals surface area contributed by atoms with Crippen LogP contribution in [0.1, 0.15) is 58.3 Å². The number of hydrogen-bond donors (Lipinski definition) is 3. The molecule has 0 aromatic heterocycles. The molecule has 0 aliphatic carbocycles. The zero-order chi connectivity index (χ0) is 16.2. The Bertz CT molecular complexity index is 339. The minimum Gasteiger partial charge on any atom is -0.355 e. The van der Waals surface area contributed by atoms with Crippen molar-refractivity contribution in [2.75, 3.05) is 18.8 Å². The normalized spacial score (nSPS) is 21.0. The van der Waals surface area contributed by atoms with E-state index in [0.29, 0.717) is 11.8 Å². The van der Waals surface area contributed by atoms with Gasteiger partial charge in [0, 0.05) is 18.7 Å². The van der Waals surface area contributed by atoms with Crippen LogP contribution in [-0.2, 0) is 9.59 Å². The molecule has 1 aliphatic rings. The Hall–Kier alpha value is -0.590. The maximum absolute atomic E-state index is 12.0. The smallest absolute Gasteiger partial charge is 0.238 e. The van der Waals surface area contributed by atoms with E-state index >= 15 is 0 Å². The molecule has 0 saturated carbocycles. The van der Waals surface area contributed by atoms with Gasteiger partial charge in [-0.05, 0) is 39.2 Å². The van der Waals surface area contributed by atoms with E-state index in [-0.39, 0.29) is 17.7 Å². The quantitative estimate of drug-likeness (QED) is 0.476. The first-order chi connectivity index (χ1) is 10.6. The van der Waals surface area contributed by atoms with Gasteiger partial charge >= 0.3 is 0 Å². The molecule has 1 fully saturated rings. The van der Waals surface area contributed by atoms with Crippen LogP contribution in [0.2, 0.25) is 0 Å². The van der Waals surface area contributed by atoms with E-state index < -0.39 is 0 Å². The first kappa shape index (κ1) is 19.5. The molecule has 1 saturated heterocycles. The largest absolute Gasteiger partial charge is 0.355 e. The van der Waals surface area contributed by atoms with Crippen LogP contribution in [0.15, 0.2) is 0 Å². The fraction of sp³-hybridized carbons (Fsp3) is 0.875. The molecule has 1 amide bonds. The summed E-state index contributed by atoms with van der Waals surface area (Å²) in [7, 11) is 0. The minimum absolute atomic E-state index is 0.0540. The highest BCUT2D eigenvalue weighted by Crippen LogP contribution is 2.23. The van der Waals surface area contributed by atoms with E-state index in [4.69, 9.17) is 5.73 Å². The summed E-state index contributed by atoms with van der Waals surface area (Å²) in [5.74, 6) is 1.25. The van der Waals surface area contributed by atoms with Crippen LogP contribution >= 0.6 is 11.8 Å². The summed E-state index contributed by atoms with van der Waals surface area (Å²) in [6, 6.07) is -0.0540. The van der Waals surface area contributed by atoms with E-state index in [1.165, 1.54) is 0 Å². The van der Waals surface area contributed by atoms with E-state index in [1.54, 1.807) is 6.92 Å². The predicted octanol–water partition coefficient (Wildman–Crippen LogP) is 1.80. The molecular formula is C16H31N3O2S. The third kappa shape index (κ3) is 8.76. The Balaban J connectivity index is 2.04. The number of nitrogens with two attached hydrogens (primary N) is 1. The predicted molar refractivity (Wildman–Crippen MR) is 92.9 cm³/mol. The Morgan fingerprint density at radius 2 is 1.95 bits per heavy atom. The maximum atomic E-state index is 12.0. The van der Waals surface area contributed by atoms with Crippen LogP contribution in [0.4, 0.5) is 0 Å². The van der Waals surface area contributed by atoms with Crippen LogP contribution < -0.4 is 16.4 Å². The first-order valence-corrected chi connectivity index (χ1v) is 9.53. The summed E-state index contributed by atoms with van der Waals surface area (Å²) in [4.78, 5) is 22.9. The fourth-order valence-electron chi connectivity index (χ4n) is 2.51. The number of carbonyl (C=O) groups excluding carboxylic acids is 2. The molecule has 1 aliphatic heterocycles. The van der Waals surface area contributed by atoms with Gasteiger partial charge in [0.05, 0.1) is 11.4 Å². The van der Waals surface area contributed by atoms with Crippen molar-refractivity contribution in [3.8, 4) is 0 Å². The van der Waals surface area contributed by atoms with E-state index in [1.807, 2.05) is 11.8 Å². The standard InChI is InChI=1S/C16H31N3O2S/c1-13(20)8-4-2-5-9-15-19-14(12-22-15)16(21)18-11-7-3-6-10-17/h14-15,19H,2-12,17H2,1H3,(H,18,21). The van der Waals surface area contributed by atoms with Crippen molar-refractivity contribution in [3.63, 3.8) is 0 Å². The van der Waals surface area contributed by atoms with Gasteiger partial charge in [-0.3, -0.25) is 10.1 Å². The van der Waals surface area contributed by atoms with Gasteiger partial charge in [0.25, 0.3) is 0 Å². The lowest BCUT2D eigenvalue weighted by molar-refractivity contribution is -0.122. The Labute approximate surface area is 138 Å². The zero-order valence-electron chi connectivity index (χ0n) is 13.7. The second kappa shape index (κ2) is 11.9. The third-order valence-corrected chi connectivity index (χ3v) is 5.14.